The second kappa shape index (κ2) is 12.5. The van der Waals surface area contributed by atoms with Gasteiger partial charge in [0.05, 0.1) is 22.0 Å². The molecule has 3 heterocycles. The maximum Gasteiger partial charge on any atom is 0.0623 e. The van der Waals surface area contributed by atoms with Crippen molar-refractivity contribution < 1.29 is 0 Å². The van der Waals surface area contributed by atoms with Gasteiger partial charge in [-0.2, -0.15) is 0 Å². The van der Waals surface area contributed by atoms with E-state index in [-0.39, 0.29) is 11.3 Å². The van der Waals surface area contributed by atoms with Gasteiger partial charge in [0.15, 0.2) is 0 Å². The molecule has 0 aliphatic heterocycles. The van der Waals surface area contributed by atoms with E-state index in [1.165, 1.54) is 83.1 Å². The Kier molecular flexibility index (Phi) is 7.10. The maximum atomic E-state index is 4.64. The van der Waals surface area contributed by atoms with Crippen LogP contribution in [0.2, 0.25) is 0 Å². The minimum atomic E-state index is -0.333. The molecule has 3 heteroatoms. The van der Waals surface area contributed by atoms with Crippen LogP contribution in [0, 0.1) is 5.92 Å². The molecular formula is C54H39N3. The average Bonchev–Trinajstić information content (AvgIpc) is 3.92. The Morgan fingerprint density at radius 1 is 0.579 bits per heavy atom. The van der Waals surface area contributed by atoms with Crippen molar-refractivity contribution in [3.05, 3.63) is 216 Å². The van der Waals surface area contributed by atoms with Gasteiger partial charge in [-0.05, 0) is 107 Å². The minimum absolute atomic E-state index is 0.271. The van der Waals surface area contributed by atoms with Crippen LogP contribution in [0.15, 0.2) is 188 Å². The number of hydrogen-bond acceptors (Lipinski definition) is 1. The number of rotatable bonds is 5. The molecule has 0 N–H and O–H groups in total. The molecule has 0 amide bonds. The molecule has 0 fully saturated rings. The van der Waals surface area contributed by atoms with Gasteiger partial charge in [0.1, 0.15) is 0 Å². The van der Waals surface area contributed by atoms with E-state index in [0.29, 0.717) is 0 Å². The summed E-state index contributed by atoms with van der Waals surface area (Å²) < 4.78 is 4.91. The topological polar surface area (TPSA) is 22.8 Å². The van der Waals surface area contributed by atoms with Crippen molar-refractivity contribution in [1.29, 1.82) is 0 Å². The fourth-order valence-electron chi connectivity index (χ4n) is 10.6. The summed E-state index contributed by atoms with van der Waals surface area (Å²) in [5, 5.41) is 3.75. The van der Waals surface area contributed by atoms with Gasteiger partial charge in [0, 0.05) is 51.2 Å². The van der Waals surface area contributed by atoms with Crippen LogP contribution in [0.4, 0.5) is 0 Å². The van der Waals surface area contributed by atoms with Crippen molar-refractivity contribution in [2.75, 3.05) is 0 Å². The number of aryl methyl sites for hydroxylation is 1. The van der Waals surface area contributed by atoms with Crippen molar-refractivity contribution in [2.45, 2.75) is 24.7 Å². The van der Waals surface area contributed by atoms with E-state index in [9.17, 15) is 0 Å². The van der Waals surface area contributed by atoms with Gasteiger partial charge in [-0.1, -0.05) is 140 Å². The Balaban J connectivity index is 1.02. The van der Waals surface area contributed by atoms with Crippen molar-refractivity contribution in [3.63, 3.8) is 0 Å². The minimum Gasteiger partial charge on any atom is -0.310 e. The van der Waals surface area contributed by atoms with Gasteiger partial charge in [-0.3, -0.25) is 4.98 Å². The van der Waals surface area contributed by atoms with Crippen molar-refractivity contribution in [3.8, 4) is 33.6 Å². The van der Waals surface area contributed by atoms with Crippen LogP contribution < -0.4 is 0 Å². The lowest BCUT2D eigenvalue weighted by Crippen LogP contribution is -2.35. The van der Waals surface area contributed by atoms with Gasteiger partial charge >= 0.3 is 0 Å². The van der Waals surface area contributed by atoms with Crippen molar-refractivity contribution >= 4 is 38.8 Å². The highest BCUT2D eigenvalue weighted by Gasteiger charge is 2.50. The SMILES string of the molecule is C1=CCC(C2(c3ccccc3)c3ccccc3-c3c2ccc2c4cnccc4n(-c4ccc(-c5ccc(-n6c7c(c8ccccc86)CCC=C7)cc5)cc4)c32)C=C1. The van der Waals surface area contributed by atoms with E-state index >= 15 is 0 Å². The highest BCUT2D eigenvalue weighted by atomic mass is 15.0. The number of nitrogens with zero attached hydrogens (tertiary/aromatic N) is 3. The molecule has 57 heavy (non-hydrogen) atoms. The first-order valence-electron chi connectivity index (χ1n) is 20.2. The first kappa shape index (κ1) is 32.3. The van der Waals surface area contributed by atoms with Crippen LogP contribution >= 0.6 is 0 Å². The average molecular weight is 730 g/mol. The molecule has 3 aromatic heterocycles. The van der Waals surface area contributed by atoms with Gasteiger partial charge in [-0.15, -0.1) is 0 Å². The summed E-state index contributed by atoms with van der Waals surface area (Å²) in [6.45, 7) is 0. The Morgan fingerprint density at radius 2 is 1.32 bits per heavy atom. The molecular weight excluding hydrogens is 691 g/mol. The molecule has 0 bridgehead atoms. The Hall–Kier alpha value is -6.97. The lowest BCUT2D eigenvalue weighted by molar-refractivity contribution is 0.457. The van der Waals surface area contributed by atoms with Crippen LogP contribution in [-0.4, -0.2) is 14.1 Å². The standard InChI is InChI=1S/C54H39N3/c1-3-13-38(14-4-1)54(39-15-5-2-6-16-39)47-20-10-7-19-45(47)52-48(54)32-31-44-46-35-55-34-33-51(46)57(53(44)52)41-29-25-37(26-30-41)36-23-27-40(28-24-36)56-49-21-11-8-17-42(49)43-18-9-12-22-50(43)56/h1-8,10-15,17,19-35,39H,9,16,18H2. The number of pyridine rings is 1. The fraction of sp³-hybridized carbons (Fsp3) is 0.0926. The first-order valence-corrected chi connectivity index (χ1v) is 20.2. The van der Waals surface area contributed by atoms with E-state index in [2.05, 4.69) is 196 Å². The van der Waals surface area contributed by atoms with E-state index in [0.717, 1.165) is 30.5 Å². The zero-order valence-electron chi connectivity index (χ0n) is 31.5. The number of benzene rings is 6. The summed E-state index contributed by atoms with van der Waals surface area (Å²) in [6, 6.07) is 54.4. The molecule has 0 radical (unpaired) electrons. The van der Waals surface area contributed by atoms with Gasteiger partial charge in [0.2, 0.25) is 0 Å². The van der Waals surface area contributed by atoms with E-state index in [1.807, 2.05) is 12.4 Å². The highest BCUT2D eigenvalue weighted by Crippen LogP contribution is 2.60. The largest absolute Gasteiger partial charge is 0.310 e. The Labute approximate surface area is 332 Å². The van der Waals surface area contributed by atoms with Crippen molar-refractivity contribution in [1.82, 2.24) is 14.1 Å². The van der Waals surface area contributed by atoms with Crippen LogP contribution in [0.5, 0.6) is 0 Å². The third-order valence-electron chi connectivity index (χ3n) is 13.0. The number of allylic oxidation sites excluding steroid dienone is 5. The van der Waals surface area contributed by atoms with Gasteiger partial charge in [0.25, 0.3) is 0 Å². The van der Waals surface area contributed by atoms with E-state index < -0.39 is 0 Å². The lowest BCUT2D eigenvalue weighted by atomic mass is 9.62. The van der Waals surface area contributed by atoms with Crippen LogP contribution in [-0.2, 0) is 11.8 Å². The summed E-state index contributed by atoms with van der Waals surface area (Å²) in [5.41, 5.74) is 17.6. The number of fused-ring (bicyclic) bond motifs is 10. The molecule has 3 aliphatic rings. The van der Waals surface area contributed by atoms with Crippen LogP contribution in [0.25, 0.3) is 72.4 Å². The molecule has 0 saturated heterocycles. The summed E-state index contributed by atoms with van der Waals surface area (Å²) in [6.07, 6.45) is 20.9. The number of aromatic nitrogens is 3. The van der Waals surface area contributed by atoms with Crippen LogP contribution in [0.1, 0.15) is 40.8 Å². The normalized spacial score (nSPS) is 18.0. The lowest BCUT2D eigenvalue weighted by Gasteiger charge is -2.39. The molecule has 12 rings (SSSR count). The molecule has 9 aromatic rings. The third-order valence-corrected chi connectivity index (χ3v) is 13.0. The quantitative estimate of drug-likeness (QED) is 0.173. The molecule has 3 nitrogen and oxygen atoms in total. The van der Waals surface area contributed by atoms with Crippen molar-refractivity contribution in [2.24, 2.45) is 5.92 Å². The zero-order valence-corrected chi connectivity index (χ0v) is 31.5. The Bertz CT molecular complexity index is 3140. The molecule has 0 saturated carbocycles. The predicted molar refractivity (Wildman–Crippen MR) is 236 cm³/mol. The molecule has 2 atom stereocenters. The summed E-state index contributed by atoms with van der Waals surface area (Å²) in [4.78, 5) is 4.64. The fourth-order valence-corrected chi connectivity index (χ4v) is 10.6. The van der Waals surface area contributed by atoms with Gasteiger partial charge < -0.3 is 9.13 Å². The number of para-hydroxylation sites is 1. The molecule has 3 aliphatic carbocycles. The molecule has 2 unspecified atom stereocenters. The molecule has 270 valence electrons. The maximum absolute atomic E-state index is 4.64. The summed E-state index contributed by atoms with van der Waals surface area (Å²) in [5.74, 6) is 0.271. The number of hydrogen-bond donors (Lipinski definition) is 0. The first-order chi connectivity index (χ1) is 28.3. The predicted octanol–water partition coefficient (Wildman–Crippen LogP) is 13.2. The third kappa shape index (κ3) is 4.57. The smallest absolute Gasteiger partial charge is 0.0623 e. The summed E-state index contributed by atoms with van der Waals surface area (Å²) >= 11 is 0. The Morgan fingerprint density at radius 3 is 2.12 bits per heavy atom. The molecule has 6 aromatic carbocycles. The monoisotopic (exact) mass is 729 g/mol. The second-order valence-electron chi connectivity index (χ2n) is 15.7. The highest BCUT2D eigenvalue weighted by molar-refractivity contribution is 6.15. The molecule has 0 spiro atoms. The summed E-state index contributed by atoms with van der Waals surface area (Å²) in [7, 11) is 0. The van der Waals surface area contributed by atoms with Crippen LogP contribution in [0.3, 0.4) is 0 Å². The van der Waals surface area contributed by atoms with E-state index in [4.69, 9.17) is 0 Å². The van der Waals surface area contributed by atoms with E-state index in [1.54, 1.807) is 0 Å². The second-order valence-corrected chi connectivity index (χ2v) is 15.7. The van der Waals surface area contributed by atoms with Gasteiger partial charge in [-0.25, -0.2) is 0 Å². The zero-order chi connectivity index (χ0) is 37.5.